The molecule has 0 saturated carbocycles. The fourth-order valence-corrected chi connectivity index (χ4v) is 5.09. The summed E-state index contributed by atoms with van der Waals surface area (Å²) in [5.74, 6) is -0.00463. The molecule has 2 heterocycles. The second-order valence-electron chi connectivity index (χ2n) is 8.00. The van der Waals surface area contributed by atoms with Gasteiger partial charge in [0.2, 0.25) is 0 Å². The highest BCUT2D eigenvalue weighted by Gasteiger charge is 2.32. The van der Waals surface area contributed by atoms with Crippen molar-refractivity contribution < 1.29 is 18.1 Å². The maximum absolute atomic E-state index is 15.3. The number of aliphatic imine (C=N–C) groups is 1. The van der Waals surface area contributed by atoms with Gasteiger partial charge in [-0.25, -0.2) is 22.8 Å². The van der Waals surface area contributed by atoms with Gasteiger partial charge in [0.05, 0.1) is 11.3 Å². The predicted molar refractivity (Wildman–Crippen MR) is 119 cm³/mol. The Bertz CT molecular complexity index is 932. The zero-order chi connectivity index (χ0) is 23.3. The normalized spacial score (nSPS) is 19.2. The van der Waals surface area contributed by atoms with Crippen LogP contribution >= 0.6 is 0 Å². The summed E-state index contributed by atoms with van der Waals surface area (Å²) in [6.07, 6.45) is 2.64. The minimum Gasteiger partial charge on any atom is -0.443 e. The second-order valence-corrected chi connectivity index (χ2v) is 9.07. The Morgan fingerprint density at radius 2 is 1.78 bits per heavy atom. The third-order valence-electron chi connectivity index (χ3n) is 6.16. The number of amides is 1. The van der Waals surface area contributed by atoms with Gasteiger partial charge in [-0.15, -0.1) is 4.99 Å². The van der Waals surface area contributed by atoms with Gasteiger partial charge >= 0.3 is 6.09 Å². The number of carbonyl (C=O) groups is 1. The molecular weight excluding hydrogens is 437 g/mol. The number of rotatable bonds is 5. The standard InChI is InChI=1S/C20H28FN7O3S/c21-17-16(12-31-20(29)26-19(23)24)2-1-15(11-22)18(17)27-7-3-13(4-8-27)14-5-9-28(10-6-14)32(25)30/h1-2,13-14H,3-10,12,25H2,(H4,23,24,26,29). The predicted octanol–water partition coefficient (Wildman–Crippen LogP) is 1.07. The highest BCUT2D eigenvalue weighted by molar-refractivity contribution is 7.80. The number of hydrogen-bond donors (Lipinski definition) is 3. The maximum Gasteiger partial charge on any atom is 0.437 e. The number of piperidine rings is 2. The number of nitriles is 1. The van der Waals surface area contributed by atoms with E-state index in [1.54, 1.807) is 4.31 Å². The molecule has 1 aromatic carbocycles. The van der Waals surface area contributed by atoms with E-state index in [-0.39, 0.29) is 23.4 Å². The Kier molecular flexibility index (Phi) is 8.00. The van der Waals surface area contributed by atoms with Gasteiger partial charge in [-0.2, -0.15) is 5.26 Å². The van der Waals surface area contributed by atoms with Gasteiger partial charge in [-0.3, -0.25) is 0 Å². The van der Waals surface area contributed by atoms with E-state index in [1.165, 1.54) is 12.1 Å². The lowest BCUT2D eigenvalue weighted by Crippen LogP contribution is -2.43. The van der Waals surface area contributed by atoms with Crippen molar-refractivity contribution in [1.29, 1.82) is 5.26 Å². The summed E-state index contributed by atoms with van der Waals surface area (Å²) in [5.41, 5.74) is 10.9. The fraction of sp³-hybridized carbons (Fsp3) is 0.550. The summed E-state index contributed by atoms with van der Waals surface area (Å²) in [6, 6.07) is 4.99. The molecule has 6 N–H and O–H groups in total. The number of guanidine groups is 1. The lowest BCUT2D eigenvalue weighted by Gasteiger charge is -2.40. The molecule has 10 nitrogen and oxygen atoms in total. The Morgan fingerprint density at radius 3 is 2.31 bits per heavy atom. The fourth-order valence-electron chi connectivity index (χ4n) is 4.52. The van der Waals surface area contributed by atoms with Crippen molar-refractivity contribution in [2.24, 2.45) is 33.4 Å². The lowest BCUT2D eigenvalue weighted by molar-refractivity contribution is 0.149. The number of nitrogens with zero attached hydrogens (tertiary/aromatic N) is 4. The molecule has 3 rings (SSSR count). The molecule has 2 aliphatic rings. The first-order chi connectivity index (χ1) is 15.3. The number of ether oxygens (including phenoxy) is 1. The lowest BCUT2D eigenvalue weighted by atomic mass is 9.79. The van der Waals surface area contributed by atoms with Gasteiger partial charge in [-0.05, 0) is 43.6 Å². The van der Waals surface area contributed by atoms with Gasteiger partial charge in [0, 0.05) is 31.7 Å². The van der Waals surface area contributed by atoms with Crippen LogP contribution in [0.25, 0.3) is 0 Å². The molecule has 2 saturated heterocycles. The van der Waals surface area contributed by atoms with Gasteiger partial charge in [0.15, 0.2) is 22.9 Å². The maximum atomic E-state index is 15.3. The van der Waals surface area contributed by atoms with E-state index in [0.29, 0.717) is 24.9 Å². The van der Waals surface area contributed by atoms with Crippen molar-refractivity contribution in [2.75, 3.05) is 31.1 Å². The SMILES string of the molecule is N#Cc1ccc(COC(=O)N=C(N)N)c(F)c1N1CCC(C2CCN(S(N)=O)CC2)CC1. The van der Waals surface area contributed by atoms with Crippen molar-refractivity contribution in [3.8, 4) is 6.07 Å². The third kappa shape index (κ3) is 5.73. The Balaban J connectivity index is 1.65. The van der Waals surface area contributed by atoms with Crippen molar-refractivity contribution in [3.63, 3.8) is 0 Å². The van der Waals surface area contributed by atoms with Gasteiger partial charge in [0.1, 0.15) is 12.7 Å². The smallest absolute Gasteiger partial charge is 0.437 e. The molecule has 1 atom stereocenters. The third-order valence-corrected chi connectivity index (χ3v) is 7.04. The summed E-state index contributed by atoms with van der Waals surface area (Å²) in [5, 5.41) is 15.0. The van der Waals surface area contributed by atoms with Gasteiger partial charge in [-0.1, -0.05) is 6.07 Å². The monoisotopic (exact) mass is 465 g/mol. The first kappa shape index (κ1) is 23.9. The molecule has 2 aliphatic heterocycles. The van der Waals surface area contributed by atoms with E-state index in [2.05, 4.69) is 11.1 Å². The van der Waals surface area contributed by atoms with Crippen molar-refractivity contribution in [1.82, 2.24) is 4.31 Å². The van der Waals surface area contributed by atoms with Crippen LogP contribution < -0.4 is 21.5 Å². The van der Waals surface area contributed by atoms with E-state index >= 15 is 4.39 Å². The summed E-state index contributed by atoms with van der Waals surface area (Å²) in [6.45, 7) is 2.34. The molecule has 0 aromatic heterocycles. The summed E-state index contributed by atoms with van der Waals surface area (Å²) in [4.78, 5) is 16.6. The van der Waals surface area contributed by atoms with E-state index < -0.39 is 29.0 Å². The number of benzene rings is 1. The molecule has 0 spiro atoms. The van der Waals surface area contributed by atoms with E-state index in [4.69, 9.17) is 21.3 Å². The van der Waals surface area contributed by atoms with Crippen molar-refractivity contribution in [3.05, 3.63) is 29.1 Å². The summed E-state index contributed by atoms with van der Waals surface area (Å²) in [7, 11) is 0. The van der Waals surface area contributed by atoms with Crippen LogP contribution in [0, 0.1) is 29.0 Å². The molecular formula is C20H28FN7O3S. The first-order valence-electron chi connectivity index (χ1n) is 10.4. The number of nitrogens with two attached hydrogens (primary N) is 3. The van der Waals surface area contributed by atoms with Crippen molar-refractivity contribution in [2.45, 2.75) is 32.3 Å². The second kappa shape index (κ2) is 10.7. The molecule has 2 fully saturated rings. The van der Waals surface area contributed by atoms with Crippen LogP contribution in [0.5, 0.6) is 0 Å². The molecule has 1 amide bonds. The van der Waals surface area contributed by atoms with E-state index in [1.807, 2.05) is 4.90 Å². The average molecular weight is 466 g/mol. The molecule has 0 aliphatic carbocycles. The first-order valence-corrected chi connectivity index (χ1v) is 11.6. The highest BCUT2D eigenvalue weighted by atomic mass is 32.2. The Labute approximate surface area is 188 Å². The highest BCUT2D eigenvalue weighted by Crippen LogP contribution is 2.36. The van der Waals surface area contributed by atoms with Crippen LogP contribution in [0.3, 0.4) is 0 Å². The zero-order valence-electron chi connectivity index (χ0n) is 17.7. The van der Waals surface area contributed by atoms with Crippen LogP contribution in [0.15, 0.2) is 17.1 Å². The van der Waals surface area contributed by atoms with Gasteiger partial charge in [0.25, 0.3) is 0 Å². The Morgan fingerprint density at radius 1 is 1.19 bits per heavy atom. The minimum absolute atomic E-state index is 0.141. The molecule has 1 aromatic rings. The van der Waals surface area contributed by atoms with Crippen LogP contribution in [-0.4, -0.2) is 46.7 Å². The largest absolute Gasteiger partial charge is 0.443 e. The Hall–Kier alpha value is -2.75. The zero-order valence-corrected chi connectivity index (χ0v) is 18.5. The minimum atomic E-state index is -1.42. The molecule has 1 unspecified atom stereocenters. The summed E-state index contributed by atoms with van der Waals surface area (Å²) < 4.78 is 33.4. The van der Waals surface area contributed by atoms with Crippen LogP contribution in [-0.2, 0) is 22.5 Å². The number of anilines is 1. The van der Waals surface area contributed by atoms with Crippen LogP contribution in [0.2, 0.25) is 0 Å². The molecule has 32 heavy (non-hydrogen) atoms. The molecule has 0 radical (unpaired) electrons. The topological polar surface area (TPSA) is 164 Å². The average Bonchev–Trinajstić information content (AvgIpc) is 2.77. The van der Waals surface area contributed by atoms with Gasteiger partial charge < -0.3 is 21.1 Å². The van der Waals surface area contributed by atoms with E-state index in [9.17, 15) is 14.3 Å². The van der Waals surface area contributed by atoms with Crippen LogP contribution in [0.4, 0.5) is 14.9 Å². The summed E-state index contributed by atoms with van der Waals surface area (Å²) >= 11 is -1.42. The number of halogens is 1. The number of carbonyl (C=O) groups excluding carboxylic acids is 1. The molecule has 0 bridgehead atoms. The van der Waals surface area contributed by atoms with Crippen molar-refractivity contribution >= 4 is 28.9 Å². The molecule has 174 valence electrons. The van der Waals surface area contributed by atoms with Crippen LogP contribution in [0.1, 0.15) is 36.8 Å². The van der Waals surface area contributed by atoms with E-state index in [0.717, 1.165) is 38.8 Å². The quantitative estimate of drug-likeness (QED) is 0.432. The number of hydrogen-bond acceptors (Lipinski definition) is 5. The molecule has 12 heteroatoms.